The Balaban J connectivity index is 1.64. The molecule has 3 N–H and O–H groups in total. The van der Waals surface area contributed by atoms with Gasteiger partial charge in [0.25, 0.3) is 0 Å². The van der Waals surface area contributed by atoms with Crippen molar-refractivity contribution in [2.24, 2.45) is 0 Å². The number of amides is 4. The summed E-state index contributed by atoms with van der Waals surface area (Å²) < 4.78 is 0. The molecule has 1 aliphatic rings. The van der Waals surface area contributed by atoms with Crippen LogP contribution in [0.1, 0.15) is 44.2 Å². The molecule has 0 spiro atoms. The molecule has 1 saturated heterocycles. The number of rotatable bonds is 6. The molecule has 1 fully saturated rings. The van der Waals surface area contributed by atoms with E-state index in [1.165, 1.54) is 6.92 Å². The van der Waals surface area contributed by atoms with Crippen LogP contribution in [-0.2, 0) is 31.0 Å². The average Bonchev–Trinajstić information content (AvgIpc) is 2.70. The highest BCUT2D eigenvalue weighted by molar-refractivity contribution is 6.03. The van der Waals surface area contributed by atoms with Crippen LogP contribution in [0.3, 0.4) is 0 Å². The number of piperidine rings is 1. The molecule has 0 aliphatic carbocycles. The van der Waals surface area contributed by atoms with Crippen LogP contribution in [0.2, 0.25) is 0 Å². The van der Waals surface area contributed by atoms with Crippen LogP contribution in [0.25, 0.3) is 0 Å². The summed E-state index contributed by atoms with van der Waals surface area (Å²) in [4.78, 5) is 47.4. The molecule has 0 saturated carbocycles. The van der Waals surface area contributed by atoms with Crippen molar-refractivity contribution in [2.75, 3.05) is 10.6 Å². The van der Waals surface area contributed by atoms with E-state index in [1.54, 1.807) is 36.4 Å². The van der Waals surface area contributed by atoms with E-state index in [1.807, 2.05) is 19.1 Å². The molecular weight excluding hydrogens is 382 g/mol. The van der Waals surface area contributed by atoms with Gasteiger partial charge in [-0.1, -0.05) is 31.2 Å². The smallest absolute Gasteiger partial charge is 0.237 e. The van der Waals surface area contributed by atoms with Crippen molar-refractivity contribution in [3.05, 3.63) is 59.7 Å². The third-order valence-electron chi connectivity index (χ3n) is 5.43. The second-order valence-corrected chi connectivity index (χ2v) is 7.49. The zero-order chi connectivity index (χ0) is 21.7. The van der Waals surface area contributed by atoms with Gasteiger partial charge in [-0.3, -0.25) is 24.5 Å². The predicted octanol–water partition coefficient (Wildman–Crippen LogP) is 2.91. The maximum atomic E-state index is 12.5. The molecule has 2 aromatic rings. The Morgan fingerprint density at radius 2 is 1.57 bits per heavy atom. The molecule has 0 aromatic heterocycles. The van der Waals surface area contributed by atoms with Gasteiger partial charge in [0.05, 0.1) is 11.8 Å². The van der Waals surface area contributed by atoms with E-state index in [4.69, 9.17) is 0 Å². The predicted molar refractivity (Wildman–Crippen MR) is 114 cm³/mol. The van der Waals surface area contributed by atoms with Crippen molar-refractivity contribution in [2.45, 2.75) is 44.9 Å². The maximum Gasteiger partial charge on any atom is 0.237 e. The van der Waals surface area contributed by atoms with Gasteiger partial charge in [-0.15, -0.1) is 0 Å². The van der Waals surface area contributed by atoms with Crippen molar-refractivity contribution < 1.29 is 19.2 Å². The van der Waals surface area contributed by atoms with Crippen molar-refractivity contribution >= 4 is 35.0 Å². The summed E-state index contributed by atoms with van der Waals surface area (Å²) in [6, 6.07) is 14.3. The molecule has 30 heavy (non-hydrogen) atoms. The Kier molecular flexibility index (Phi) is 6.30. The zero-order valence-electron chi connectivity index (χ0n) is 17.1. The molecular formula is C23H25N3O4. The molecule has 1 atom stereocenters. The second-order valence-electron chi connectivity index (χ2n) is 7.49. The van der Waals surface area contributed by atoms with Crippen molar-refractivity contribution in [3.63, 3.8) is 0 Å². The number of anilines is 2. The minimum absolute atomic E-state index is 0.147. The molecule has 7 heteroatoms. The lowest BCUT2D eigenvalue weighted by Crippen LogP contribution is -2.51. The van der Waals surface area contributed by atoms with E-state index in [-0.39, 0.29) is 30.0 Å². The highest BCUT2D eigenvalue weighted by atomic mass is 16.2. The third kappa shape index (κ3) is 4.74. The van der Waals surface area contributed by atoms with Gasteiger partial charge in [-0.25, -0.2) is 0 Å². The third-order valence-corrected chi connectivity index (χ3v) is 5.43. The molecule has 3 rings (SSSR count). The van der Waals surface area contributed by atoms with Crippen LogP contribution in [0.5, 0.6) is 0 Å². The first kappa shape index (κ1) is 21.2. The Hall–Kier alpha value is -3.48. The molecule has 1 aliphatic heterocycles. The summed E-state index contributed by atoms with van der Waals surface area (Å²) in [6.07, 6.45) is 1.59. The number of carbonyl (C=O) groups excluding carboxylic acids is 4. The lowest BCUT2D eigenvalue weighted by atomic mass is 9.72. The first-order chi connectivity index (χ1) is 14.3. The number of nitrogens with one attached hydrogen (secondary N) is 3. The largest absolute Gasteiger partial charge is 0.326 e. The number of hydrogen-bond donors (Lipinski definition) is 3. The highest BCUT2D eigenvalue weighted by Crippen LogP contribution is 2.36. The van der Waals surface area contributed by atoms with E-state index < -0.39 is 5.41 Å². The Morgan fingerprint density at radius 3 is 2.13 bits per heavy atom. The van der Waals surface area contributed by atoms with Gasteiger partial charge in [0.2, 0.25) is 23.6 Å². The molecule has 1 unspecified atom stereocenters. The van der Waals surface area contributed by atoms with Gasteiger partial charge < -0.3 is 10.6 Å². The minimum atomic E-state index is -0.716. The topological polar surface area (TPSA) is 104 Å². The molecule has 7 nitrogen and oxygen atoms in total. The summed E-state index contributed by atoms with van der Waals surface area (Å²) in [5, 5.41) is 7.97. The maximum absolute atomic E-state index is 12.5. The lowest BCUT2D eigenvalue weighted by Gasteiger charge is -2.35. The molecule has 2 aromatic carbocycles. The fraction of sp³-hybridized carbons (Fsp3) is 0.304. The number of carbonyl (C=O) groups is 4. The van der Waals surface area contributed by atoms with Crippen LogP contribution >= 0.6 is 0 Å². The quantitative estimate of drug-likeness (QED) is 0.641. The molecule has 4 amide bonds. The number of imide groups is 1. The van der Waals surface area contributed by atoms with Gasteiger partial charge in [-0.05, 0) is 48.2 Å². The van der Waals surface area contributed by atoms with Gasteiger partial charge in [0.15, 0.2) is 0 Å². The van der Waals surface area contributed by atoms with Crippen molar-refractivity contribution in [1.29, 1.82) is 0 Å². The monoisotopic (exact) mass is 407 g/mol. The number of hydrogen-bond acceptors (Lipinski definition) is 4. The van der Waals surface area contributed by atoms with Crippen LogP contribution in [-0.4, -0.2) is 23.6 Å². The zero-order valence-corrected chi connectivity index (χ0v) is 17.1. The van der Waals surface area contributed by atoms with E-state index in [0.29, 0.717) is 30.6 Å². The van der Waals surface area contributed by atoms with E-state index in [9.17, 15) is 19.2 Å². The first-order valence-corrected chi connectivity index (χ1v) is 9.93. The normalized spacial score (nSPS) is 18.5. The SMILES string of the molecule is CCC1(c2ccc(NC(=O)Cc3ccc(NC(C)=O)cc3)cc2)CCC(=O)NC1=O. The summed E-state index contributed by atoms with van der Waals surface area (Å²) in [6.45, 7) is 3.37. The number of benzene rings is 2. The van der Waals surface area contributed by atoms with Crippen LogP contribution < -0.4 is 16.0 Å². The van der Waals surface area contributed by atoms with Crippen LogP contribution in [0.15, 0.2) is 48.5 Å². The summed E-state index contributed by atoms with van der Waals surface area (Å²) in [7, 11) is 0. The standard InChI is InChI=1S/C23H25N3O4/c1-3-23(13-12-20(28)26-22(23)30)17-6-10-19(11-7-17)25-21(29)14-16-4-8-18(9-5-16)24-15(2)27/h4-11H,3,12-14H2,1-2H3,(H,24,27)(H,25,29)(H,26,28,30). The Labute approximate surface area is 175 Å². The van der Waals surface area contributed by atoms with Gasteiger partial charge in [-0.2, -0.15) is 0 Å². The van der Waals surface area contributed by atoms with E-state index in [2.05, 4.69) is 16.0 Å². The van der Waals surface area contributed by atoms with E-state index in [0.717, 1.165) is 11.1 Å². The van der Waals surface area contributed by atoms with Gasteiger partial charge in [0, 0.05) is 24.7 Å². The molecule has 156 valence electrons. The second kappa shape index (κ2) is 8.90. The summed E-state index contributed by atoms with van der Waals surface area (Å²) >= 11 is 0. The Bertz CT molecular complexity index is 967. The van der Waals surface area contributed by atoms with Gasteiger partial charge >= 0.3 is 0 Å². The van der Waals surface area contributed by atoms with E-state index >= 15 is 0 Å². The summed E-state index contributed by atoms with van der Waals surface area (Å²) in [5.74, 6) is -0.814. The van der Waals surface area contributed by atoms with Crippen molar-refractivity contribution in [1.82, 2.24) is 5.32 Å². The fourth-order valence-electron chi connectivity index (χ4n) is 3.74. The molecule has 1 heterocycles. The molecule has 0 radical (unpaired) electrons. The van der Waals surface area contributed by atoms with Gasteiger partial charge in [0.1, 0.15) is 0 Å². The fourth-order valence-corrected chi connectivity index (χ4v) is 3.74. The average molecular weight is 407 g/mol. The minimum Gasteiger partial charge on any atom is -0.326 e. The van der Waals surface area contributed by atoms with Crippen LogP contribution in [0.4, 0.5) is 11.4 Å². The summed E-state index contributed by atoms with van der Waals surface area (Å²) in [5.41, 5.74) is 2.26. The first-order valence-electron chi connectivity index (χ1n) is 9.93. The van der Waals surface area contributed by atoms with Crippen molar-refractivity contribution in [3.8, 4) is 0 Å². The van der Waals surface area contributed by atoms with Crippen LogP contribution in [0, 0.1) is 0 Å². The Morgan fingerprint density at radius 1 is 0.967 bits per heavy atom. The highest BCUT2D eigenvalue weighted by Gasteiger charge is 2.42. The molecule has 0 bridgehead atoms. The lowest BCUT2D eigenvalue weighted by molar-refractivity contribution is -0.138.